The first-order chi connectivity index (χ1) is 9.02. The minimum absolute atomic E-state index is 0.111. The molecule has 0 aliphatic rings. The largest absolute Gasteiger partial charge is 0.399 e. The average Bonchev–Trinajstić information content (AvgIpc) is 2.37. The normalized spacial score (nSPS) is 9.95. The van der Waals surface area contributed by atoms with Crippen LogP contribution in [-0.2, 0) is 11.3 Å². The average molecular weight is 264 g/mol. The number of rotatable bonds is 6. The first-order valence-corrected chi connectivity index (χ1v) is 6.18. The molecule has 1 rings (SSSR count). The topological polar surface area (TPSA) is 101 Å². The van der Waals surface area contributed by atoms with Crippen LogP contribution in [0.2, 0.25) is 0 Å². The molecule has 0 saturated heterocycles. The van der Waals surface area contributed by atoms with Crippen molar-refractivity contribution >= 4 is 17.6 Å². The fourth-order valence-corrected chi connectivity index (χ4v) is 1.57. The Kier molecular flexibility index (Phi) is 5.66. The van der Waals surface area contributed by atoms with E-state index in [0.717, 1.165) is 12.0 Å². The number of urea groups is 1. The predicted octanol–water partition coefficient (Wildman–Crippen LogP) is 0.676. The van der Waals surface area contributed by atoms with Crippen LogP contribution in [-0.4, -0.2) is 29.9 Å². The van der Waals surface area contributed by atoms with Crippen molar-refractivity contribution in [2.24, 2.45) is 5.73 Å². The van der Waals surface area contributed by atoms with Gasteiger partial charge in [0.1, 0.15) is 6.54 Å². The zero-order valence-corrected chi connectivity index (χ0v) is 11.1. The number of carbonyl (C=O) groups excluding carboxylic acids is 2. The maximum absolute atomic E-state index is 11.9. The van der Waals surface area contributed by atoms with E-state index in [1.807, 2.05) is 19.1 Å². The fraction of sp³-hybridized carbons (Fsp3) is 0.385. The van der Waals surface area contributed by atoms with E-state index in [2.05, 4.69) is 5.32 Å². The predicted molar refractivity (Wildman–Crippen MR) is 74.1 cm³/mol. The van der Waals surface area contributed by atoms with Crippen molar-refractivity contribution in [1.29, 1.82) is 0 Å². The van der Waals surface area contributed by atoms with E-state index in [1.54, 1.807) is 12.1 Å². The van der Waals surface area contributed by atoms with Crippen LogP contribution in [0.15, 0.2) is 24.3 Å². The molecular formula is C13H20N4O2. The van der Waals surface area contributed by atoms with Crippen molar-refractivity contribution in [3.05, 3.63) is 29.8 Å². The Balaban J connectivity index is 2.70. The molecule has 0 atom stereocenters. The van der Waals surface area contributed by atoms with Crippen molar-refractivity contribution in [1.82, 2.24) is 10.2 Å². The van der Waals surface area contributed by atoms with Crippen LogP contribution in [0, 0.1) is 0 Å². The number of anilines is 1. The number of nitrogens with one attached hydrogen (secondary N) is 1. The molecular weight excluding hydrogens is 244 g/mol. The Morgan fingerprint density at radius 2 is 1.89 bits per heavy atom. The molecule has 6 nitrogen and oxygen atoms in total. The molecule has 0 aromatic heterocycles. The lowest BCUT2D eigenvalue weighted by Gasteiger charge is -2.21. The molecule has 0 spiro atoms. The molecule has 0 unspecified atom stereocenters. The molecule has 0 bridgehead atoms. The lowest BCUT2D eigenvalue weighted by molar-refractivity contribution is -0.118. The Bertz CT molecular complexity index is 431. The van der Waals surface area contributed by atoms with E-state index in [1.165, 1.54) is 4.90 Å². The van der Waals surface area contributed by atoms with Crippen LogP contribution in [0.1, 0.15) is 18.9 Å². The molecule has 0 radical (unpaired) electrons. The van der Waals surface area contributed by atoms with Gasteiger partial charge in [0, 0.05) is 18.8 Å². The van der Waals surface area contributed by atoms with E-state index in [4.69, 9.17) is 11.5 Å². The summed E-state index contributed by atoms with van der Waals surface area (Å²) in [5.41, 5.74) is 12.3. The van der Waals surface area contributed by atoms with Crippen LogP contribution in [0.25, 0.3) is 0 Å². The molecule has 0 saturated carbocycles. The van der Waals surface area contributed by atoms with Gasteiger partial charge in [-0.3, -0.25) is 4.79 Å². The van der Waals surface area contributed by atoms with Crippen LogP contribution >= 0.6 is 0 Å². The minimum atomic E-state index is -0.540. The number of nitrogens with two attached hydrogens (primary N) is 2. The van der Waals surface area contributed by atoms with Gasteiger partial charge < -0.3 is 21.7 Å². The highest BCUT2D eigenvalue weighted by Gasteiger charge is 2.15. The maximum Gasteiger partial charge on any atom is 0.318 e. The first kappa shape index (κ1) is 14.8. The highest BCUT2D eigenvalue weighted by molar-refractivity contribution is 5.82. The van der Waals surface area contributed by atoms with Gasteiger partial charge in [0.05, 0.1) is 0 Å². The van der Waals surface area contributed by atoms with Crippen LogP contribution in [0.3, 0.4) is 0 Å². The summed E-state index contributed by atoms with van der Waals surface area (Å²) in [6.45, 7) is 2.73. The first-order valence-electron chi connectivity index (χ1n) is 6.18. The van der Waals surface area contributed by atoms with Gasteiger partial charge in [-0.2, -0.15) is 0 Å². The zero-order valence-electron chi connectivity index (χ0n) is 11.1. The lowest BCUT2D eigenvalue weighted by Crippen LogP contribution is -2.44. The Morgan fingerprint density at radius 3 is 2.42 bits per heavy atom. The Morgan fingerprint density at radius 1 is 1.26 bits per heavy atom. The van der Waals surface area contributed by atoms with Gasteiger partial charge in [0.25, 0.3) is 0 Å². The van der Waals surface area contributed by atoms with Crippen molar-refractivity contribution in [2.45, 2.75) is 19.9 Å². The summed E-state index contributed by atoms with van der Waals surface area (Å²) < 4.78 is 0. The smallest absolute Gasteiger partial charge is 0.318 e. The van der Waals surface area contributed by atoms with E-state index in [0.29, 0.717) is 18.8 Å². The summed E-state index contributed by atoms with van der Waals surface area (Å²) in [7, 11) is 0. The molecule has 3 amide bonds. The van der Waals surface area contributed by atoms with Crippen LogP contribution < -0.4 is 16.8 Å². The molecule has 1 aromatic carbocycles. The highest BCUT2D eigenvalue weighted by atomic mass is 16.2. The van der Waals surface area contributed by atoms with Gasteiger partial charge in [0.2, 0.25) is 5.91 Å². The van der Waals surface area contributed by atoms with Gasteiger partial charge in [-0.05, 0) is 24.1 Å². The third-order valence-electron chi connectivity index (χ3n) is 2.51. The standard InChI is InChI=1S/C13H20N4O2/c1-2-7-16-13(19)17(9-12(15)18)8-10-3-5-11(14)6-4-10/h3-6H,2,7-9,14H2,1H3,(H2,15,18)(H,16,19). The SMILES string of the molecule is CCCNC(=O)N(CC(N)=O)Cc1ccc(N)cc1. The third-order valence-corrected chi connectivity index (χ3v) is 2.51. The van der Waals surface area contributed by atoms with Gasteiger partial charge in [-0.1, -0.05) is 19.1 Å². The fourth-order valence-electron chi connectivity index (χ4n) is 1.57. The second-order valence-electron chi connectivity index (χ2n) is 4.30. The molecule has 19 heavy (non-hydrogen) atoms. The van der Waals surface area contributed by atoms with Gasteiger partial charge in [-0.15, -0.1) is 0 Å². The third kappa shape index (κ3) is 5.29. The molecule has 6 heteroatoms. The van der Waals surface area contributed by atoms with E-state index in [-0.39, 0.29) is 12.6 Å². The number of nitrogen functional groups attached to an aromatic ring is 1. The lowest BCUT2D eigenvalue weighted by atomic mass is 10.2. The highest BCUT2D eigenvalue weighted by Crippen LogP contribution is 2.08. The minimum Gasteiger partial charge on any atom is -0.399 e. The Hall–Kier alpha value is -2.24. The van der Waals surface area contributed by atoms with Crippen LogP contribution in [0.5, 0.6) is 0 Å². The summed E-state index contributed by atoms with van der Waals surface area (Å²) in [5.74, 6) is -0.540. The van der Waals surface area contributed by atoms with Gasteiger partial charge >= 0.3 is 6.03 Å². The molecule has 5 N–H and O–H groups in total. The van der Waals surface area contributed by atoms with Gasteiger partial charge in [0.15, 0.2) is 0 Å². The number of nitrogens with zero attached hydrogens (tertiary/aromatic N) is 1. The van der Waals surface area contributed by atoms with Crippen molar-refractivity contribution in [3.63, 3.8) is 0 Å². The second kappa shape index (κ2) is 7.25. The number of carbonyl (C=O) groups is 2. The van der Waals surface area contributed by atoms with E-state index < -0.39 is 5.91 Å². The van der Waals surface area contributed by atoms with Crippen molar-refractivity contribution in [2.75, 3.05) is 18.8 Å². The summed E-state index contributed by atoms with van der Waals surface area (Å²) in [4.78, 5) is 24.3. The summed E-state index contributed by atoms with van der Waals surface area (Å²) in [6, 6.07) is 6.84. The number of primary amides is 1. The zero-order chi connectivity index (χ0) is 14.3. The maximum atomic E-state index is 11.9. The van der Waals surface area contributed by atoms with Crippen molar-refractivity contribution in [3.8, 4) is 0 Å². The number of amides is 3. The summed E-state index contributed by atoms with van der Waals surface area (Å²) in [6.07, 6.45) is 0.831. The molecule has 0 fully saturated rings. The second-order valence-corrected chi connectivity index (χ2v) is 4.30. The van der Waals surface area contributed by atoms with E-state index >= 15 is 0 Å². The molecule has 1 aromatic rings. The Labute approximate surface area is 112 Å². The van der Waals surface area contributed by atoms with Crippen molar-refractivity contribution < 1.29 is 9.59 Å². The molecule has 0 aliphatic heterocycles. The summed E-state index contributed by atoms with van der Waals surface area (Å²) >= 11 is 0. The molecule has 104 valence electrons. The molecule has 0 heterocycles. The number of benzene rings is 1. The van der Waals surface area contributed by atoms with E-state index in [9.17, 15) is 9.59 Å². The van der Waals surface area contributed by atoms with Gasteiger partial charge in [-0.25, -0.2) is 4.79 Å². The number of hydrogen-bond acceptors (Lipinski definition) is 3. The summed E-state index contributed by atoms with van der Waals surface area (Å²) in [5, 5.41) is 2.72. The quantitative estimate of drug-likeness (QED) is 0.658. The monoisotopic (exact) mass is 264 g/mol. The van der Waals surface area contributed by atoms with Crippen LogP contribution in [0.4, 0.5) is 10.5 Å². The molecule has 0 aliphatic carbocycles. The number of hydrogen-bond donors (Lipinski definition) is 3.